The third-order valence-electron chi connectivity index (χ3n) is 8.41. The number of ether oxygens (including phenoxy) is 2. The van der Waals surface area contributed by atoms with Crippen molar-refractivity contribution in [3.63, 3.8) is 0 Å². The summed E-state index contributed by atoms with van der Waals surface area (Å²) >= 11 is 0. The van der Waals surface area contributed by atoms with Crippen molar-refractivity contribution in [2.24, 2.45) is 0 Å². The highest BCUT2D eigenvalue weighted by molar-refractivity contribution is 6.11. The molecular formula is C33H38N8O3. The third kappa shape index (κ3) is 5.35. The first-order valence-corrected chi connectivity index (χ1v) is 14.7. The number of carbonyl (C=O) groups excluding carboxylic acids is 1. The number of fused-ring (bicyclic) bond motifs is 1. The number of aryl methyl sites for hydroxylation is 2. The summed E-state index contributed by atoms with van der Waals surface area (Å²) in [5.74, 6) is 2.51. The van der Waals surface area contributed by atoms with Crippen LogP contribution >= 0.6 is 0 Å². The Labute approximate surface area is 258 Å². The predicted octanol–water partition coefficient (Wildman–Crippen LogP) is 5.84. The number of nitrogens with one attached hydrogen (secondary N) is 1. The Morgan fingerprint density at radius 1 is 0.909 bits per heavy atom. The van der Waals surface area contributed by atoms with Crippen molar-refractivity contribution in [1.29, 1.82) is 0 Å². The van der Waals surface area contributed by atoms with Gasteiger partial charge in [0, 0.05) is 49.7 Å². The second-order valence-corrected chi connectivity index (χ2v) is 11.2. The lowest BCUT2D eigenvalue weighted by Crippen LogP contribution is -2.48. The van der Waals surface area contributed by atoms with E-state index in [-0.39, 0.29) is 12.1 Å². The average Bonchev–Trinajstić information content (AvgIpc) is 3.03. The summed E-state index contributed by atoms with van der Waals surface area (Å²) in [4.78, 5) is 36.6. The van der Waals surface area contributed by atoms with Crippen molar-refractivity contribution in [2.45, 2.75) is 26.8 Å². The first kappa shape index (κ1) is 29.2. The molecule has 6 rings (SSSR count). The van der Waals surface area contributed by atoms with Gasteiger partial charge in [-0.05, 0) is 63.2 Å². The number of rotatable bonds is 7. The van der Waals surface area contributed by atoms with E-state index in [1.807, 2.05) is 51.1 Å². The van der Waals surface area contributed by atoms with Crippen LogP contribution in [-0.4, -0.2) is 73.3 Å². The zero-order valence-electron chi connectivity index (χ0n) is 26.0. The summed E-state index contributed by atoms with van der Waals surface area (Å²) in [6.45, 7) is 9.98. The number of amides is 2. The highest BCUT2D eigenvalue weighted by Gasteiger charge is 2.40. The van der Waals surface area contributed by atoms with Crippen LogP contribution in [-0.2, 0) is 0 Å². The number of nitrogens with zero attached hydrogens (tertiary/aromatic N) is 7. The minimum atomic E-state index is -0.321. The number of anilines is 6. The topological polar surface area (TPSA) is 99.2 Å². The largest absolute Gasteiger partial charge is 0.495 e. The van der Waals surface area contributed by atoms with Crippen LogP contribution in [0.5, 0.6) is 11.5 Å². The van der Waals surface area contributed by atoms with E-state index < -0.39 is 0 Å². The van der Waals surface area contributed by atoms with Crippen LogP contribution in [0.3, 0.4) is 0 Å². The van der Waals surface area contributed by atoms with Crippen molar-refractivity contribution in [3.05, 3.63) is 77.6 Å². The number of aromatic nitrogens is 3. The number of pyridine rings is 1. The summed E-state index contributed by atoms with van der Waals surface area (Å²) in [5, 5.41) is 3.33. The molecule has 0 spiro atoms. The van der Waals surface area contributed by atoms with Gasteiger partial charge in [-0.1, -0.05) is 18.2 Å². The number of para-hydroxylation sites is 1. The molecule has 2 aliphatic heterocycles. The molecule has 4 heterocycles. The lowest BCUT2D eigenvalue weighted by molar-refractivity contribution is 0.250. The Morgan fingerprint density at radius 2 is 1.66 bits per heavy atom. The van der Waals surface area contributed by atoms with Crippen LogP contribution in [0.25, 0.3) is 0 Å². The highest BCUT2D eigenvalue weighted by atomic mass is 16.5. The number of piperazine rings is 1. The van der Waals surface area contributed by atoms with Crippen molar-refractivity contribution < 1.29 is 14.3 Å². The van der Waals surface area contributed by atoms with E-state index in [1.165, 1.54) is 0 Å². The fraction of sp³-hybridized carbons (Fsp3) is 0.333. The minimum Gasteiger partial charge on any atom is -0.495 e. The molecule has 1 unspecified atom stereocenters. The summed E-state index contributed by atoms with van der Waals surface area (Å²) in [6.07, 6.45) is 3.38. The SMILES string of the molecule is COc1ccc(N2C(=O)N(c3c(C)cccc3C)C(C)c3cnc(Nc4ccc(N5CCN(C)CC5)cc4OC)nc32)nc1. The normalized spacial score (nSPS) is 17.0. The van der Waals surface area contributed by atoms with Gasteiger partial charge >= 0.3 is 6.03 Å². The summed E-state index contributed by atoms with van der Waals surface area (Å²) in [6, 6.07) is 15.1. The van der Waals surface area contributed by atoms with Gasteiger partial charge in [0.2, 0.25) is 5.95 Å². The maximum absolute atomic E-state index is 14.4. The number of methoxy groups -OCH3 is 2. The molecule has 0 saturated carbocycles. The molecule has 228 valence electrons. The lowest BCUT2D eigenvalue weighted by atomic mass is 10.0. The number of benzene rings is 2. The molecule has 4 aromatic rings. The molecule has 1 saturated heterocycles. The molecule has 0 radical (unpaired) electrons. The summed E-state index contributed by atoms with van der Waals surface area (Å²) < 4.78 is 11.1. The third-order valence-corrected chi connectivity index (χ3v) is 8.41. The molecule has 0 aliphatic carbocycles. The predicted molar refractivity (Wildman–Crippen MR) is 173 cm³/mol. The molecule has 2 aromatic carbocycles. The van der Waals surface area contributed by atoms with Crippen LogP contribution < -0.4 is 29.5 Å². The molecule has 2 aromatic heterocycles. The second-order valence-electron chi connectivity index (χ2n) is 11.2. The minimum absolute atomic E-state index is 0.251. The van der Waals surface area contributed by atoms with E-state index in [1.54, 1.807) is 48.5 Å². The van der Waals surface area contributed by atoms with Crippen LogP contribution in [0.15, 0.2) is 60.9 Å². The lowest BCUT2D eigenvalue weighted by Gasteiger charge is -2.41. The van der Waals surface area contributed by atoms with Gasteiger partial charge in [0.1, 0.15) is 17.3 Å². The smallest absolute Gasteiger partial charge is 0.336 e. The van der Waals surface area contributed by atoms with Crippen LogP contribution in [0.1, 0.15) is 29.7 Å². The number of carbonyl (C=O) groups is 1. The van der Waals surface area contributed by atoms with Gasteiger partial charge in [0.25, 0.3) is 0 Å². The number of likely N-dealkylation sites (N-methyl/N-ethyl adjacent to an activating group) is 1. The molecule has 44 heavy (non-hydrogen) atoms. The molecule has 2 aliphatic rings. The Morgan fingerprint density at radius 3 is 2.32 bits per heavy atom. The molecule has 1 fully saturated rings. The van der Waals surface area contributed by atoms with E-state index in [2.05, 4.69) is 38.2 Å². The maximum Gasteiger partial charge on any atom is 0.336 e. The van der Waals surface area contributed by atoms with Crippen LogP contribution in [0.4, 0.5) is 39.4 Å². The Kier molecular flexibility index (Phi) is 7.96. The molecule has 1 N–H and O–H groups in total. The Hall–Kier alpha value is -4.90. The zero-order chi connectivity index (χ0) is 31.0. The number of hydrogen-bond acceptors (Lipinski definition) is 9. The van der Waals surface area contributed by atoms with Crippen molar-refractivity contribution in [3.8, 4) is 11.5 Å². The second kappa shape index (κ2) is 12.0. The molecule has 11 heteroatoms. The number of hydrogen-bond donors (Lipinski definition) is 1. The average molecular weight is 595 g/mol. The quantitative estimate of drug-likeness (QED) is 0.283. The van der Waals surface area contributed by atoms with Gasteiger partial charge < -0.3 is 24.6 Å². The van der Waals surface area contributed by atoms with Gasteiger partial charge in [-0.25, -0.2) is 19.7 Å². The zero-order valence-corrected chi connectivity index (χ0v) is 26.0. The molecule has 11 nitrogen and oxygen atoms in total. The van der Waals surface area contributed by atoms with Gasteiger partial charge in [-0.3, -0.25) is 4.90 Å². The van der Waals surface area contributed by atoms with Crippen molar-refractivity contribution >= 4 is 40.7 Å². The van der Waals surface area contributed by atoms with E-state index in [4.69, 9.17) is 14.5 Å². The van der Waals surface area contributed by atoms with Gasteiger partial charge in [0.05, 0.1) is 37.8 Å². The van der Waals surface area contributed by atoms with Crippen LogP contribution in [0.2, 0.25) is 0 Å². The highest BCUT2D eigenvalue weighted by Crippen LogP contribution is 2.43. The van der Waals surface area contributed by atoms with E-state index in [0.29, 0.717) is 29.1 Å². The fourth-order valence-electron chi connectivity index (χ4n) is 5.89. The van der Waals surface area contributed by atoms with Crippen molar-refractivity contribution in [2.75, 3.05) is 67.5 Å². The van der Waals surface area contributed by atoms with Crippen LogP contribution in [0, 0.1) is 13.8 Å². The molecule has 0 bridgehead atoms. The van der Waals surface area contributed by atoms with Gasteiger partial charge in [0.15, 0.2) is 5.82 Å². The van der Waals surface area contributed by atoms with Gasteiger partial charge in [-0.15, -0.1) is 0 Å². The standard InChI is InChI=1S/C33H38N8O3/c1-21-8-7-9-22(2)30(21)40-23(3)26-20-35-32(37-31(26)41(33(40)42)29-13-11-25(43-5)19-34-29)36-27-12-10-24(18-28(27)44-6)39-16-14-38(4)15-17-39/h7-13,18-20,23H,14-17H2,1-6H3,(H,35,36,37). The number of urea groups is 1. The van der Waals surface area contributed by atoms with Crippen molar-refractivity contribution in [1.82, 2.24) is 19.9 Å². The Balaban J connectivity index is 1.39. The Bertz CT molecular complexity index is 1650. The van der Waals surface area contributed by atoms with E-state index in [9.17, 15) is 4.79 Å². The fourth-order valence-corrected chi connectivity index (χ4v) is 5.89. The van der Waals surface area contributed by atoms with E-state index >= 15 is 0 Å². The summed E-state index contributed by atoms with van der Waals surface area (Å²) in [5.41, 5.74) is 5.50. The first-order chi connectivity index (χ1) is 21.3. The molecule has 2 amide bonds. The monoisotopic (exact) mass is 594 g/mol. The first-order valence-electron chi connectivity index (χ1n) is 14.7. The molecule has 1 atom stereocenters. The maximum atomic E-state index is 14.4. The summed E-state index contributed by atoms with van der Waals surface area (Å²) in [7, 11) is 5.38. The van der Waals surface area contributed by atoms with E-state index in [0.717, 1.165) is 59.9 Å². The van der Waals surface area contributed by atoms with Gasteiger partial charge in [-0.2, -0.15) is 4.98 Å². The molecular weight excluding hydrogens is 556 g/mol.